The monoisotopic (exact) mass is 427 g/mol. The van der Waals surface area contributed by atoms with Crippen LogP contribution in [0.4, 0.5) is 10.1 Å². The van der Waals surface area contributed by atoms with Crippen molar-refractivity contribution in [2.24, 2.45) is 0 Å². The SMILES string of the molecule is CN1C(=O)C(=Cc2ccc(OCC(=O)Nc3ccc(F)cc3)cc2)C(=O)N(C)C1=S. The van der Waals surface area contributed by atoms with Gasteiger partial charge in [0.25, 0.3) is 17.7 Å². The Kier molecular flexibility index (Phi) is 6.22. The average Bonchev–Trinajstić information content (AvgIpc) is 2.75. The first-order valence-electron chi connectivity index (χ1n) is 8.86. The van der Waals surface area contributed by atoms with E-state index in [1.807, 2.05) is 0 Å². The molecule has 1 saturated heterocycles. The van der Waals surface area contributed by atoms with Gasteiger partial charge in [0.2, 0.25) is 0 Å². The van der Waals surface area contributed by atoms with Crippen LogP contribution in [0.15, 0.2) is 54.1 Å². The van der Waals surface area contributed by atoms with Gasteiger partial charge in [0.05, 0.1) is 0 Å². The maximum Gasteiger partial charge on any atom is 0.265 e. The van der Waals surface area contributed by atoms with Gasteiger partial charge in [-0.3, -0.25) is 24.2 Å². The lowest BCUT2D eigenvalue weighted by atomic mass is 10.1. The molecule has 1 aliphatic rings. The number of amides is 3. The number of hydrogen-bond acceptors (Lipinski definition) is 5. The molecule has 0 spiro atoms. The molecule has 0 bridgehead atoms. The lowest BCUT2D eigenvalue weighted by molar-refractivity contribution is -0.132. The van der Waals surface area contributed by atoms with Crippen LogP contribution in [0.5, 0.6) is 5.75 Å². The molecule has 154 valence electrons. The maximum atomic E-state index is 12.9. The zero-order valence-corrected chi connectivity index (χ0v) is 17.0. The van der Waals surface area contributed by atoms with Gasteiger partial charge in [-0.25, -0.2) is 4.39 Å². The van der Waals surface area contributed by atoms with Crippen LogP contribution >= 0.6 is 12.2 Å². The summed E-state index contributed by atoms with van der Waals surface area (Å²) in [4.78, 5) is 39.1. The molecule has 1 fully saturated rings. The summed E-state index contributed by atoms with van der Waals surface area (Å²) in [5, 5.41) is 2.73. The number of rotatable bonds is 5. The molecule has 2 aromatic carbocycles. The van der Waals surface area contributed by atoms with Crippen molar-refractivity contribution in [2.75, 3.05) is 26.0 Å². The summed E-state index contributed by atoms with van der Waals surface area (Å²) >= 11 is 5.05. The summed E-state index contributed by atoms with van der Waals surface area (Å²) in [6.07, 6.45) is 1.48. The number of ether oxygens (including phenoxy) is 1. The number of halogens is 1. The first-order chi connectivity index (χ1) is 14.3. The third kappa shape index (κ3) is 4.69. The van der Waals surface area contributed by atoms with Crippen LogP contribution in [0.3, 0.4) is 0 Å². The van der Waals surface area contributed by atoms with E-state index in [0.717, 1.165) is 0 Å². The van der Waals surface area contributed by atoms with Crippen molar-refractivity contribution < 1.29 is 23.5 Å². The zero-order chi connectivity index (χ0) is 21.8. The van der Waals surface area contributed by atoms with E-state index < -0.39 is 23.5 Å². The van der Waals surface area contributed by atoms with E-state index in [9.17, 15) is 18.8 Å². The summed E-state index contributed by atoms with van der Waals surface area (Å²) in [6.45, 7) is -0.234. The zero-order valence-electron chi connectivity index (χ0n) is 16.2. The molecule has 0 unspecified atom stereocenters. The fraction of sp³-hybridized carbons (Fsp3) is 0.143. The molecule has 3 rings (SSSR count). The van der Waals surface area contributed by atoms with Crippen molar-refractivity contribution in [3.8, 4) is 5.75 Å². The normalized spacial score (nSPS) is 14.1. The largest absolute Gasteiger partial charge is 0.484 e. The van der Waals surface area contributed by atoms with Crippen molar-refractivity contribution in [1.29, 1.82) is 0 Å². The highest BCUT2D eigenvalue weighted by molar-refractivity contribution is 7.80. The molecule has 1 N–H and O–H groups in total. The highest BCUT2D eigenvalue weighted by atomic mass is 32.1. The molecule has 0 saturated carbocycles. The standard InChI is InChI=1S/C21H18FN3O4S/c1-24-19(27)17(20(28)25(2)21(24)30)11-13-3-9-16(10-4-13)29-12-18(26)23-15-7-5-14(22)6-8-15/h3-11H,12H2,1-2H3,(H,23,26). The van der Waals surface area contributed by atoms with Gasteiger partial charge in [0.15, 0.2) is 11.7 Å². The quantitative estimate of drug-likeness (QED) is 0.451. The van der Waals surface area contributed by atoms with E-state index in [-0.39, 0.29) is 17.3 Å². The summed E-state index contributed by atoms with van der Waals surface area (Å²) in [6, 6.07) is 11.9. The second kappa shape index (κ2) is 8.83. The van der Waals surface area contributed by atoms with E-state index in [1.165, 1.54) is 54.2 Å². The van der Waals surface area contributed by atoms with Crippen molar-refractivity contribution in [2.45, 2.75) is 0 Å². The van der Waals surface area contributed by atoms with Crippen molar-refractivity contribution in [3.63, 3.8) is 0 Å². The molecule has 0 radical (unpaired) electrons. The fourth-order valence-corrected chi connectivity index (χ4v) is 2.85. The predicted molar refractivity (Wildman–Crippen MR) is 113 cm³/mol. The number of nitrogens with one attached hydrogen (secondary N) is 1. The van der Waals surface area contributed by atoms with Crippen LogP contribution in [0.1, 0.15) is 5.56 Å². The number of nitrogens with zero attached hydrogens (tertiary/aromatic N) is 2. The summed E-state index contributed by atoms with van der Waals surface area (Å²) in [7, 11) is 3.02. The first-order valence-corrected chi connectivity index (χ1v) is 9.27. The summed E-state index contributed by atoms with van der Waals surface area (Å²) < 4.78 is 18.3. The number of carbonyl (C=O) groups is 3. The van der Waals surface area contributed by atoms with Crippen molar-refractivity contribution in [3.05, 3.63) is 65.5 Å². The summed E-state index contributed by atoms with van der Waals surface area (Å²) in [5.74, 6) is -1.30. The Labute approximate surface area is 177 Å². The first kappa shape index (κ1) is 21.1. The number of anilines is 1. The van der Waals surface area contributed by atoms with Crippen molar-refractivity contribution >= 4 is 46.8 Å². The second-order valence-corrected chi connectivity index (χ2v) is 6.85. The lowest BCUT2D eigenvalue weighted by Gasteiger charge is -2.31. The van der Waals surface area contributed by atoms with Crippen LogP contribution in [0.2, 0.25) is 0 Å². The van der Waals surface area contributed by atoms with E-state index in [4.69, 9.17) is 17.0 Å². The Morgan fingerprint density at radius 3 is 2.17 bits per heavy atom. The number of carbonyl (C=O) groups excluding carboxylic acids is 3. The van der Waals surface area contributed by atoms with E-state index in [0.29, 0.717) is 17.0 Å². The lowest BCUT2D eigenvalue weighted by Crippen LogP contribution is -2.52. The minimum absolute atomic E-state index is 0.000874. The number of benzene rings is 2. The van der Waals surface area contributed by atoms with E-state index in [1.54, 1.807) is 24.3 Å². The molecular formula is C21H18FN3O4S. The Morgan fingerprint density at radius 2 is 1.60 bits per heavy atom. The average molecular weight is 427 g/mol. The fourth-order valence-electron chi connectivity index (χ4n) is 2.68. The molecule has 1 aliphatic heterocycles. The molecule has 3 amide bonds. The molecule has 0 aromatic heterocycles. The highest BCUT2D eigenvalue weighted by Crippen LogP contribution is 2.20. The van der Waals surface area contributed by atoms with E-state index >= 15 is 0 Å². The smallest absolute Gasteiger partial charge is 0.265 e. The van der Waals surface area contributed by atoms with Gasteiger partial charge in [-0.15, -0.1) is 0 Å². The van der Waals surface area contributed by atoms with Gasteiger partial charge < -0.3 is 10.1 Å². The van der Waals surface area contributed by atoms with Gasteiger partial charge >= 0.3 is 0 Å². The number of likely N-dealkylation sites (N-methyl/N-ethyl adjacent to an activating group) is 2. The Morgan fingerprint density at radius 1 is 1.03 bits per heavy atom. The van der Waals surface area contributed by atoms with Crippen LogP contribution in [-0.4, -0.2) is 53.3 Å². The molecule has 30 heavy (non-hydrogen) atoms. The number of hydrogen-bond donors (Lipinski definition) is 1. The maximum absolute atomic E-state index is 12.9. The van der Waals surface area contributed by atoms with Crippen LogP contribution in [-0.2, 0) is 14.4 Å². The third-order valence-electron chi connectivity index (χ3n) is 4.33. The predicted octanol–water partition coefficient (Wildman–Crippen LogP) is 2.44. The van der Waals surface area contributed by atoms with Crippen LogP contribution in [0, 0.1) is 5.82 Å². The van der Waals surface area contributed by atoms with Gasteiger partial charge in [-0.2, -0.15) is 0 Å². The van der Waals surface area contributed by atoms with Gasteiger partial charge in [0, 0.05) is 19.8 Å². The van der Waals surface area contributed by atoms with E-state index in [2.05, 4.69) is 5.32 Å². The number of thiocarbonyl (C=S) groups is 1. The van der Waals surface area contributed by atoms with Crippen LogP contribution in [0.25, 0.3) is 6.08 Å². The Balaban J connectivity index is 1.62. The van der Waals surface area contributed by atoms with Crippen LogP contribution < -0.4 is 10.1 Å². The Bertz CT molecular complexity index is 1010. The second-order valence-electron chi connectivity index (χ2n) is 6.48. The van der Waals surface area contributed by atoms with Gasteiger partial charge in [-0.05, 0) is 60.3 Å². The molecule has 0 aliphatic carbocycles. The minimum Gasteiger partial charge on any atom is -0.484 e. The molecule has 7 nitrogen and oxygen atoms in total. The topological polar surface area (TPSA) is 79.0 Å². The third-order valence-corrected chi connectivity index (χ3v) is 4.88. The molecule has 0 atom stereocenters. The molecule has 1 heterocycles. The Hall–Kier alpha value is -3.59. The summed E-state index contributed by atoms with van der Waals surface area (Å²) in [5.41, 5.74) is 1.08. The molecule has 2 aromatic rings. The highest BCUT2D eigenvalue weighted by Gasteiger charge is 2.35. The molecular weight excluding hydrogens is 409 g/mol. The van der Waals surface area contributed by atoms with Crippen molar-refractivity contribution in [1.82, 2.24) is 9.80 Å². The minimum atomic E-state index is -0.471. The van der Waals surface area contributed by atoms with Gasteiger partial charge in [-0.1, -0.05) is 12.1 Å². The van der Waals surface area contributed by atoms with Gasteiger partial charge in [0.1, 0.15) is 17.1 Å². The molecule has 9 heteroatoms.